The smallest absolute Gasteiger partial charge is 0.162 e. The van der Waals surface area contributed by atoms with Crippen molar-refractivity contribution in [2.45, 2.75) is 51.6 Å². The highest BCUT2D eigenvalue weighted by atomic mass is 35.5. The quantitative estimate of drug-likeness (QED) is 0.764. The number of rotatable bonds is 5. The highest BCUT2D eigenvalue weighted by Crippen LogP contribution is 2.23. The Labute approximate surface area is 126 Å². The minimum Gasteiger partial charge on any atom is -0.298 e. The predicted molar refractivity (Wildman–Crippen MR) is 82.1 cm³/mol. The largest absolute Gasteiger partial charge is 0.298 e. The predicted octanol–water partition coefficient (Wildman–Crippen LogP) is 4.08. The molecule has 0 aliphatic carbocycles. The molecule has 1 aromatic carbocycles. The van der Waals surface area contributed by atoms with Crippen LogP contribution >= 0.6 is 12.4 Å². The lowest BCUT2D eigenvalue weighted by Gasteiger charge is -2.25. The van der Waals surface area contributed by atoms with E-state index < -0.39 is 0 Å². The standard InChI is InChI=1S/C16H22FNO.ClH/c1-12-5-6-13(2)18(12)11-3-4-16(19)14-7-9-15(17)10-8-14;/h7-10,12-13H,3-6,11H2,1-2H3;1H. The number of carbonyl (C=O) groups excluding carboxylic acids is 1. The summed E-state index contributed by atoms with van der Waals surface area (Å²) in [6.07, 6.45) is 3.94. The Morgan fingerprint density at radius 2 is 1.75 bits per heavy atom. The fourth-order valence-corrected chi connectivity index (χ4v) is 2.89. The van der Waals surface area contributed by atoms with E-state index in [9.17, 15) is 9.18 Å². The fourth-order valence-electron chi connectivity index (χ4n) is 2.89. The minimum atomic E-state index is -0.295. The van der Waals surface area contributed by atoms with Crippen molar-refractivity contribution in [2.24, 2.45) is 0 Å². The summed E-state index contributed by atoms with van der Waals surface area (Å²) in [6, 6.07) is 7.10. The first-order valence-corrected chi connectivity index (χ1v) is 7.12. The Morgan fingerprint density at radius 3 is 2.30 bits per heavy atom. The second kappa shape index (κ2) is 7.75. The van der Waals surface area contributed by atoms with Gasteiger partial charge in [-0.3, -0.25) is 9.69 Å². The summed E-state index contributed by atoms with van der Waals surface area (Å²) in [4.78, 5) is 14.4. The van der Waals surface area contributed by atoms with Crippen LogP contribution in [0.5, 0.6) is 0 Å². The molecule has 2 atom stereocenters. The average molecular weight is 300 g/mol. The van der Waals surface area contributed by atoms with Crippen molar-refractivity contribution in [2.75, 3.05) is 6.54 Å². The van der Waals surface area contributed by atoms with Gasteiger partial charge in [0.1, 0.15) is 5.82 Å². The molecule has 0 amide bonds. The van der Waals surface area contributed by atoms with Crippen LogP contribution in [0.25, 0.3) is 0 Å². The fraction of sp³-hybridized carbons (Fsp3) is 0.562. The van der Waals surface area contributed by atoms with Crippen LogP contribution in [0, 0.1) is 5.82 Å². The second-order valence-electron chi connectivity index (χ2n) is 5.55. The van der Waals surface area contributed by atoms with Gasteiger partial charge in [0, 0.05) is 24.1 Å². The van der Waals surface area contributed by atoms with E-state index in [4.69, 9.17) is 0 Å². The van der Waals surface area contributed by atoms with Gasteiger partial charge >= 0.3 is 0 Å². The summed E-state index contributed by atoms with van der Waals surface area (Å²) < 4.78 is 12.8. The third-order valence-corrected chi connectivity index (χ3v) is 4.12. The molecule has 20 heavy (non-hydrogen) atoms. The van der Waals surface area contributed by atoms with Crippen molar-refractivity contribution in [3.05, 3.63) is 35.6 Å². The Morgan fingerprint density at radius 1 is 1.20 bits per heavy atom. The monoisotopic (exact) mass is 299 g/mol. The Bertz CT molecular complexity index is 425. The van der Waals surface area contributed by atoms with Crippen molar-refractivity contribution in [3.63, 3.8) is 0 Å². The summed E-state index contributed by atoms with van der Waals surface area (Å²) in [5.41, 5.74) is 0.615. The molecular formula is C16H23ClFNO. The van der Waals surface area contributed by atoms with E-state index in [1.807, 2.05) is 0 Å². The minimum absolute atomic E-state index is 0. The number of carbonyl (C=O) groups is 1. The zero-order valence-electron chi connectivity index (χ0n) is 12.1. The number of ketones is 1. The molecular weight excluding hydrogens is 277 g/mol. The van der Waals surface area contributed by atoms with Crippen LogP contribution in [0.1, 0.15) is 49.9 Å². The molecule has 1 aliphatic rings. The molecule has 1 aromatic rings. The number of Topliss-reactive ketones (excluding diaryl/α,β-unsaturated/α-hetero) is 1. The van der Waals surface area contributed by atoms with Crippen molar-refractivity contribution in [3.8, 4) is 0 Å². The van der Waals surface area contributed by atoms with Gasteiger partial charge in [-0.15, -0.1) is 12.4 Å². The molecule has 0 spiro atoms. The van der Waals surface area contributed by atoms with Crippen LogP contribution in [0.2, 0.25) is 0 Å². The van der Waals surface area contributed by atoms with Gasteiger partial charge in [0.15, 0.2) is 5.78 Å². The number of likely N-dealkylation sites (tertiary alicyclic amines) is 1. The lowest BCUT2D eigenvalue weighted by Crippen LogP contribution is -2.33. The maximum absolute atomic E-state index is 12.8. The summed E-state index contributed by atoms with van der Waals surface area (Å²) in [6.45, 7) is 5.49. The molecule has 2 nitrogen and oxygen atoms in total. The molecule has 1 fully saturated rings. The number of benzene rings is 1. The normalized spacial score (nSPS) is 22.6. The molecule has 0 radical (unpaired) electrons. The van der Waals surface area contributed by atoms with Crippen molar-refractivity contribution >= 4 is 18.2 Å². The number of hydrogen-bond donors (Lipinski definition) is 0. The van der Waals surface area contributed by atoms with Crippen LogP contribution in [-0.2, 0) is 0 Å². The maximum atomic E-state index is 12.8. The average Bonchev–Trinajstić information content (AvgIpc) is 2.71. The van der Waals surface area contributed by atoms with Gasteiger partial charge in [-0.1, -0.05) is 0 Å². The maximum Gasteiger partial charge on any atom is 0.162 e. The summed E-state index contributed by atoms with van der Waals surface area (Å²) in [7, 11) is 0. The van der Waals surface area contributed by atoms with Gasteiger partial charge in [0.05, 0.1) is 0 Å². The number of halogens is 2. The topological polar surface area (TPSA) is 20.3 Å². The summed E-state index contributed by atoms with van der Waals surface area (Å²) in [5, 5.41) is 0. The van der Waals surface area contributed by atoms with E-state index in [1.165, 1.54) is 25.0 Å². The summed E-state index contributed by atoms with van der Waals surface area (Å²) in [5.74, 6) is -0.184. The van der Waals surface area contributed by atoms with Gasteiger partial charge in [-0.25, -0.2) is 4.39 Å². The molecule has 1 saturated heterocycles. The van der Waals surface area contributed by atoms with Gasteiger partial charge in [-0.05, 0) is 63.9 Å². The molecule has 0 aromatic heterocycles. The Kier molecular flexibility index (Phi) is 6.63. The molecule has 2 rings (SSSR count). The molecule has 0 saturated carbocycles. The van der Waals surface area contributed by atoms with Gasteiger partial charge in [0.2, 0.25) is 0 Å². The van der Waals surface area contributed by atoms with Crippen molar-refractivity contribution < 1.29 is 9.18 Å². The molecule has 112 valence electrons. The first-order valence-electron chi connectivity index (χ1n) is 7.12. The highest BCUT2D eigenvalue weighted by molar-refractivity contribution is 5.95. The lowest BCUT2D eigenvalue weighted by atomic mass is 10.1. The van der Waals surface area contributed by atoms with E-state index in [0.717, 1.165) is 13.0 Å². The van der Waals surface area contributed by atoms with Crippen LogP contribution in [0.4, 0.5) is 4.39 Å². The van der Waals surface area contributed by atoms with Gasteiger partial charge < -0.3 is 0 Å². The third kappa shape index (κ3) is 4.29. The molecule has 1 aliphatic heterocycles. The zero-order chi connectivity index (χ0) is 13.8. The van der Waals surface area contributed by atoms with Crippen LogP contribution in [0.15, 0.2) is 24.3 Å². The van der Waals surface area contributed by atoms with E-state index in [-0.39, 0.29) is 24.0 Å². The molecule has 0 bridgehead atoms. The van der Waals surface area contributed by atoms with Gasteiger partial charge in [-0.2, -0.15) is 0 Å². The van der Waals surface area contributed by atoms with E-state index in [1.54, 1.807) is 12.1 Å². The van der Waals surface area contributed by atoms with E-state index in [0.29, 0.717) is 24.1 Å². The van der Waals surface area contributed by atoms with Crippen molar-refractivity contribution in [1.82, 2.24) is 4.90 Å². The Balaban J connectivity index is 0.00000200. The molecule has 2 unspecified atom stereocenters. The van der Waals surface area contributed by atoms with Crippen molar-refractivity contribution in [1.29, 1.82) is 0 Å². The van der Waals surface area contributed by atoms with E-state index in [2.05, 4.69) is 18.7 Å². The van der Waals surface area contributed by atoms with Crippen LogP contribution in [-0.4, -0.2) is 29.3 Å². The van der Waals surface area contributed by atoms with Crippen LogP contribution < -0.4 is 0 Å². The lowest BCUT2D eigenvalue weighted by molar-refractivity contribution is 0.0970. The first kappa shape index (κ1) is 17.1. The molecule has 4 heteroatoms. The number of hydrogen-bond acceptors (Lipinski definition) is 2. The number of nitrogens with zero attached hydrogens (tertiary/aromatic N) is 1. The molecule has 1 heterocycles. The summed E-state index contributed by atoms with van der Waals surface area (Å²) >= 11 is 0. The first-order chi connectivity index (χ1) is 9.08. The third-order valence-electron chi connectivity index (χ3n) is 4.12. The second-order valence-corrected chi connectivity index (χ2v) is 5.55. The molecule has 0 N–H and O–H groups in total. The van der Waals surface area contributed by atoms with E-state index >= 15 is 0 Å². The SMILES string of the molecule is CC1CCC(C)N1CCCC(=O)c1ccc(F)cc1.Cl. The Hall–Kier alpha value is -0.930. The highest BCUT2D eigenvalue weighted by Gasteiger charge is 2.26. The zero-order valence-corrected chi connectivity index (χ0v) is 13.0. The van der Waals surface area contributed by atoms with Gasteiger partial charge in [0.25, 0.3) is 0 Å². The van der Waals surface area contributed by atoms with Crippen LogP contribution in [0.3, 0.4) is 0 Å².